The predicted molar refractivity (Wildman–Crippen MR) is 113 cm³/mol. The molecule has 0 radical (unpaired) electrons. The van der Waals surface area contributed by atoms with Gasteiger partial charge in [0.1, 0.15) is 6.54 Å². The van der Waals surface area contributed by atoms with Gasteiger partial charge in [0.2, 0.25) is 5.91 Å². The van der Waals surface area contributed by atoms with E-state index in [-0.39, 0.29) is 18.4 Å². The van der Waals surface area contributed by atoms with Crippen LogP contribution in [0.5, 0.6) is 0 Å². The van der Waals surface area contributed by atoms with Crippen LogP contribution in [0.2, 0.25) is 0 Å². The maximum absolute atomic E-state index is 12.9. The van der Waals surface area contributed by atoms with E-state index in [1.165, 1.54) is 21.2 Å². The highest BCUT2D eigenvalue weighted by molar-refractivity contribution is 6.14. The van der Waals surface area contributed by atoms with Crippen LogP contribution in [-0.4, -0.2) is 53.7 Å². The molecule has 1 aliphatic rings. The van der Waals surface area contributed by atoms with Crippen LogP contribution in [0.4, 0.5) is 5.69 Å². The van der Waals surface area contributed by atoms with E-state index in [0.29, 0.717) is 17.8 Å². The van der Waals surface area contributed by atoms with Crippen molar-refractivity contribution in [3.05, 3.63) is 59.4 Å². The van der Waals surface area contributed by atoms with E-state index in [1.807, 2.05) is 37.2 Å². The van der Waals surface area contributed by atoms with Crippen LogP contribution in [0, 0.1) is 0 Å². The van der Waals surface area contributed by atoms with Gasteiger partial charge in [-0.25, -0.2) is 0 Å². The topological polar surface area (TPSA) is 79.3 Å². The number of amides is 2. The number of nitrogens with one attached hydrogen (secondary N) is 2. The number of likely N-dealkylation sites (N-methyl/N-ethyl adjacent to an activating group) is 1. The summed E-state index contributed by atoms with van der Waals surface area (Å²) in [6.45, 7) is 1.48. The highest BCUT2D eigenvalue weighted by Gasteiger charge is 2.19. The first-order valence-electron chi connectivity index (χ1n) is 9.80. The van der Waals surface area contributed by atoms with Gasteiger partial charge < -0.3 is 15.5 Å². The fraction of sp³-hybridized carbons (Fsp3) is 0.318. The smallest absolute Gasteiger partial charge is 0.256 e. The summed E-state index contributed by atoms with van der Waals surface area (Å²) >= 11 is 0. The van der Waals surface area contributed by atoms with Crippen LogP contribution in [0.25, 0.3) is 10.8 Å². The molecule has 0 aliphatic heterocycles. The van der Waals surface area contributed by atoms with Gasteiger partial charge in [-0.2, -0.15) is 5.10 Å². The maximum atomic E-state index is 12.9. The second-order valence-electron chi connectivity index (χ2n) is 7.65. The minimum atomic E-state index is -0.171. The van der Waals surface area contributed by atoms with Crippen LogP contribution in [-0.2, 0) is 24.2 Å². The first kappa shape index (κ1) is 19.1. The highest BCUT2D eigenvalue weighted by atomic mass is 16.2. The summed E-state index contributed by atoms with van der Waals surface area (Å²) in [7, 11) is 3.91. The highest BCUT2D eigenvalue weighted by Crippen LogP contribution is 2.33. The number of carbonyl (C=O) groups excluding carboxylic acids is 2. The summed E-state index contributed by atoms with van der Waals surface area (Å²) in [5, 5.41) is 12.1. The monoisotopic (exact) mass is 391 g/mol. The van der Waals surface area contributed by atoms with Crippen molar-refractivity contribution < 1.29 is 9.59 Å². The van der Waals surface area contributed by atoms with Crippen molar-refractivity contribution in [2.45, 2.75) is 19.4 Å². The third-order valence-corrected chi connectivity index (χ3v) is 5.20. The van der Waals surface area contributed by atoms with Gasteiger partial charge in [-0.05, 0) is 54.9 Å². The minimum absolute atomic E-state index is 0.111. The van der Waals surface area contributed by atoms with Crippen LogP contribution in [0.3, 0.4) is 0 Å². The maximum Gasteiger partial charge on any atom is 0.256 e. The molecule has 0 saturated carbocycles. The Kier molecular flexibility index (Phi) is 5.31. The summed E-state index contributed by atoms with van der Waals surface area (Å²) in [5.74, 6) is -0.282. The fourth-order valence-electron chi connectivity index (χ4n) is 3.78. The Bertz CT molecular complexity index is 1060. The molecule has 7 heteroatoms. The lowest BCUT2D eigenvalue weighted by molar-refractivity contribution is -0.121. The van der Waals surface area contributed by atoms with Gasteiger partial charge in [0, 0.05) is 24.8 Å². The van der Waals surface area contributed by atoms with Crippen molar-refractivity contribution in [1.29, 1.82) is 0 Å². The molecule has 0 unspecified atom stereocenters. The third kappa shape index (κ3) is 4.14. The molecule has 0 spiro atoms. The molecule has 0 atom stereocenters. The van der Waals surface area contributed by atoms with Gasteiger partial charge >= 0.3 is 0 Å². The summed E-state index contributed by atoms with van der Waals surface area (Å²) in [4.78, 5) is 26.9. The zero-order valence-corrected chi connectivity index (χ0v) is 16.7. The lowest BCUT2D eigenvalue weighted by Gasteiger charge is -2.10. The largest absolute Gasteiger partial charge is 0.353 e. The van der Waals surface area contributed by atoms with E-state index in [4.69, 9.17) is 0 Å². The molecule has 150 valence electrons. The number of hydrogen-bond donors (Lipinski definition) is 2. The number of aromatic nitrogens is 2. The van der Waals surface area contributed by atoms with Gasteiger partial charge in [-0.1, -0.05) is 24.3 Å². The normalized spacial score (nSPS) is 12.5. The number of nitrogens with zero attached hydrogens (tertiary/aromatic N) is 3. The van der Waals surface area contributed by atoms with Crippen molar-refractivity contribution in [2.24, 2.45) is 0 Å². The zero-order valence-electron chi connectivity index (χ0n) is 16.7. The Labute approximate surface area is 169 Å². The Morgan fingerprint density at radius 2 is 1.93 bits per heavy atom. The second kappa shape index (κ2) is 8.05. The Balaban J connectivity index is 1.43. The van der Waals surface area contributed by atoms with E-state index in [1.54, 1.807) is 12.4 Å². The van der Waals surface area contributed by atoms with Crippen molar-refractivity contribution in [3.63, 3.8) is 0 Å². The number of anilines is 1. The first-order chi connectivity index (χ1) is 14.0. The van der Waals surface area contributed by atoms with Gasteiger partial charge in [0.25, 0.3) is 5.91 Å². The second-order valence-corrected chi connectivity index (χ2v) is 7.65. The summed E-state index contributed by atoms with van der Waals surface area (Å²) in [6.07, 6.45) is 5.29. The lowest BCUT2D eigenvalue weighted by Crippen LogP contribution is -2.33. The van der Waals surface area contributed by atoms with Gasteiger partial charge in [0.05, 0.1) is 11.9 Å². The summed E-state index contributed by atoms with van der Waals surface area (Å²) < 4.78 is 1.52. The van der Waals surface area contributed by atoms with Crippen LogP contribution < -0.4 is 10.6 Å². The van der Waals surface area contributed by atoms with Crippen LogP contribution >= 0.6 is 0 Å². The molecule has 2 amide bonds. The standard InChI is InChI=1S/C22H25N5O2/c1-26(2)11-10-23-20(28)14-27-13-17(12-24-27)25-22(29)19-9-8-16-7-6-15-4-3-5-18(19)21(15)16/h3-5,8-9,12-13H,6-7,10-11,14H2,1-2H3,(H,23,28)(H,25,29). The molecule has 2 N–H and O–H groups in total. The SMILES string of the molecule is CN(C)CCNC(=O)Cn1cc(NC(=O)c2ccc3c4c(cccc24)CC3)cn1. The molecular weight excluding hydrogens is 366 g/mol. The molecule has 1 aliphatic carbocycles. The summed E-state index contributed by atoms with van der Waals surface area (Å²) in [5.41, 5.74) is 3.83. The zero-order chi connectivity index (χ0) is 20.4. The van der Waals surface area contributed by atoms with Gasteiger partial charge in [0.15, 0.2) is 0 Å². The molecule has 0 saturated heterocycles. The Morgan fingerprint density at radius 1 is 1.14 bits per heavy atom. The minimum Gasteiger partial charge on any atom is -0.353 e. The summed E-state index contributed by atoms with van der Waals surface area (Å²) in [6, 6.07) is 10.1. The lowest BCUT2D eigenvalue weighted by atomic mass is 9.99. The number of benzene rings is 2. The van der Waals surface area contributed by atoms with Crippen LogP contribution in [0.15, 0.2) is 42.7 Å². The molecule has 0 fully saturated rings. The predicted octanol–water partition coefficient (Wildman–Crippen LogP) is 2.06. The molecule has 4 rings (SSSR count). The Hall–Kier alpha value is -3.19. The number of carbonyl (C=O) groups is 2. The van der Waals surface area contributed by atoms with Crippen molar-refractivity contribution in [3.8, 4) is 0 Å². The first-order valence-corrected chi connectivity index (χ1v) is 9.80. The van der Waals surface area contributed by atoms with Gasteiger partial charge in [-0.3, -0.25) is 14.3 Å². The van der Waals surface area contributed by atoms with Crippen molar-refractivity contribution in [1.82, 2.24) is 20.0 Å². The third-order valence-electron chi connectivity index (χ3n) is 5.20. The van der Waals surface area contributed by atoms with Crippen molar-refractivity contribution >= 4 is 28.3 Å². The van der Waals surface area contributed by atoms with Crippen LogP contribution in [0.1, 0.15) is 21.5 Å². The van der Waals surface area contributed by atoms with E-state index >= 15 is 0 Å². The fourth-order valence-corrected chi connectivity index (χ4v) is 3.78. The average molecular weight is 391 g/mol. The quantitative estimate of drug-likeness (QED) is 0.646. The van der Waals surface area contributed by atoms with E-state index in [2.05, 4.69) is 27.9 Å². The van der Waals surface area contributed by atoms with E-state index in [9.17, 15) is 9.59 Å². The molecule has 2 aromatic carbocycles. The number of hydrogen-bond acceptors (Lipinski definition) is 4. The molecule has 0 bridgehead atoms. The number of aryl methyl sites for hydroxylation is 2. The van der Waals surface area contributed by atoms with E-state index in [0.717, 1.165) is 24.8 Å². The molecular formula is C22H25N5O2. The van der Waals surface area contributed by atoms with Gasteiger partial charge in [-0.15, -0.1) is 0 Å². The molecule has 1 aromatic heterocycles. The molecule has 29 heavy (non-hydrogen) atoms. The van der Waals surface area contributed by atoms with E-state index < -0.39 is 0 Å². The average Bonchev–Trinajstić information content (AvgIpc) is 3.30. The molecule has 1 heterocycles. The number of rotatable bonds is 7. The molecule has 7 nitrogen and oxygen atoms in total. The molecule has 3 aromatic rings. The van der Waals surface area contributed by atoms with Crippen molar-refractivity contribution in [2.75, 3.05) is 32.5 Å². The Morgan fingerprint density at radius 3 is 2.72 bits per heavy atom.